The maximum absolute atomic E-state index is 12.7. The number of rotatable bonds is 4. The molecule has 0 radical (unpaired) electrons. The molecule has 0 aromatic heterocycles. The number of carbonyl (C=O) groups is 3. The third kappa shape index (κ3) is 4.29. The number of aryl methyl sites for hydroxylation is 2. The second kappa shape index (κ2) is 8.63. The standard InChI is InChI=1S/C21H29N3O4/c1-4-28-21(27)23-10-8-17(9-11-23)22-20(26)16-12-18(25)24(13-16)19-14(2)6-5-7-15(19)3/h5-7,16-17H,4,8-13H2,1-3H3,(H,22,26). The number of nitrogens with one attached hydrogen (secondary N) is 1. The summed E-state index contributed by atoms with van der Waals surface area (Å²) >= 11 is 0. The summed E-state index contributed by atoms with van der Waals surface area (Å²) in [5, 5.41) is 3.08. The molecule has 0 bridgehead atoms. The van der Waals surface area contributed by atoms with Crippen LogP contribution in [0.2, 0.25) is 0 Å². The van der Waals surface area contributed by atoms with Gasteiger partial charge in [-0.1, -0.05) is 18.2 Å². The lowest BCUT2D eigenvalue weighted by Gasteiger charge is -2.32. The van der Waals surface area contributed by atoms with Gasteiger partial charge >= 0.3 is 6.09 Å². The van der Waals surface area contributed by atoms with Crippen LogP contribution in [0.15, 0.2) is 18.2 Å². The molecule has 3 amide bonds. The largest absolute Gasteiger partial charge is 0.450 e. The predicted octanol–water partition coefficient (Wildman–Crippen LogP) is 2.39. The number of ether oxygens (including phenoxy) is 1. The molecule has 152 valence electrons. The summed E-state index contributed by atoms with van der Waals surface area (Å²) in [6.07, 6.45) is 1.34. The summed E-state index contributed by atoms with van der Waals surface area (Å²) in [6.45, 7) is 7.68. The summed E-state index contributed by atoms with van der Waals surface area (Å²) < 4.78 is 5.02. The third-order valence-corrected chi connectivity index (χ3v) is 5.57. The van der Waals surface area contributed by atoms with Gasteiger partial charge in [-0.2, -0.15) is 0 Å². The lowest BCUT2D eigenvalue weighted by atomic mass is 10.0. The topological polar surface area (TPSA) is 79.0 Å². The Morgan fingerprint density at radius 1 is 1.18 bits per heavy atom. The van der Waals surface area contributed by atoms with E-state index < -0.39 is 0 Å². The number of piperidine rings is 1. The highest BCUT2D eigenvalue weighted by Crippen LogP contribution is 2.31. The van der Waals surface area contributed by atoms with Crippen LogP contribution < -0.4 is 10.2 Å². The van der Waals surface area contributed by atoms with Crippen molar-refractivity contribution in [3.8, 4) is 0 Å². The molecule has 7 heteroatoms. The summed E-state index contributed by atoms with van der Waals surface area (Å²) in [4.78, 5) is 40.5. The molecular weight excluding hydrogens is 358 g/mol. The molecule has 0 aliphatic carbocycles. The number of nitrogens with zero attached hydrogens (tertiary/aromatic N) is 2. The van der Waals surface area contributed by atoms with Crippen molar-refractivity contribution >= 4 is 23.6 Å². The molecule has 1 aromatic rings. The number of likely N-dealkylation sites (tertiary alicyclic amines) is 1. The zero-order chi connectivity index (χ0) is 20.3. The third-order valence-electron chi connectivity index (χ3n) is 5.57. The van der Waals surface area contributed by atoms with E-state index in [0.717, 1.165) is 16.8 Å². The normalized spacial score (nSPS) is 20.4. The zero-order valence-electron chi connectivity index (χ0n) is 16.9. The van der Waals surface area contributed by atoms with Gasteiger partial charge in [0.25, 0.3) is 0 Å². The predicted molar refractivity (Wildman–Crippen MR) is 106 cm³/mol. The number of para-hydroxylation sites is 1. The van der Waals surface area contributed by atoms with E-state index in [9.17, 15) is 14.4 Å². The Morgan fingerprint density at radius 3 is 2.43 bits per heavy atom. The Balaban J connectivity index is 1.55. The zero-order valence-corrected chi connectivity index (χ0v) is 16.9. The van der Waals surface area contributed by atoms with Gasteiger partial charge in [0.15, 0.2) is 0 Å². The molecule has 1 aromatic carbocycles. The fourth-order valence-electron chi connectivity index (χ4n) is 4.07. The fourth-order valence-corrected chi connectivity index (χ4v) is 4.07. The second-order valence-corrected chi connectivity index (χ2v) is 7.61. The van der Waals surface area contributed by atoms with Gasteiger partial charge in [0.1, 0.15) is 0 Å². The minimum atomic E-state index is -0.338. The fraction of sp³-hybridized carbons (Fsp3) is 0.571. The molecular formula is C21H29N3O4. The molecule has 1 unspecified atom stereocenters. The van der Waals surface area contributed by atoms with E-state index in [1.165, 1.54) is 0 Å². The Morgan fingerprint density at radius 2 is 1.82 bits per heavy atom. The Hall–Kier alpha value is -2.57. The number of amides is 3. The number of hydrogen-bond donors (Lipinski definition) is 1. The van der Waals surface area contributed by atoms with E-state index in [0.29, 0.717) is 39.1 Å². The highest BCUT2D eigenvalue weighted by molar-refractivity contribution is 6.01. The number of carbonyl (C=O) groups excluding carboxylic acids is 3. The minimum Gasteiger partial charge on any atom is -0.450 e. The first-order valence-electron chi connectivity index (χ1n) is 9.99. The van der Waals surface area contributed by atoms with E-state index in [2.05, 4.69) is 5.32 Å². The van der Waals surface area contributed by atoms with E-state index in [1.807, 2.05) is 32.0 Å². The van der Waals surface area contributed by atoms with Crippen LogP contribution in [-0.4, -0.2) is 55.1 Å². The smallest absolute Gasteiger partial charge is 0.409 e. The van der Waals surface area contributed by atoms with Crippen molar-refractivity contribution in [3.63, 3.8) is 0 Å². The molecule has 1 atom stereocenters. The molecule has 2 fully saturated rings. The summed E-state index contributed by atoms with van der Waals surface area (Å²) in [6, 6.07) is 5.98. The van der Waals surface area contributed by atoms with E-state index in [-0.39, 0.29) is 36.3 Å². The quantitative estimate of drug-likeness (QED) is 0.860. The first kappa shape index (κ1) is 20.2. The highest BCUT2D eigenvalue weighted by atomic mass is 16.6. The molecule has 2 aliphatic rings. The molecule has 0 saturated carbocycles. The van der Waals surface area contributed by atoms with Crippen molar-refractivity contribution in [3.05, 3.63) is 29.3 Å². The average molecular weight is 387 g/mol. The monoisotopic (exact) mass is 387 g/mol. The molecule has 2 heterocycles. The summed E-state index contributed by atoms with van der Waals surface area (Å²) in [5.41, 5.74) is 3.01. The van der Waals surface area contributed by atoms with Gasteiger partial charge in [-0.3, -0.25) is 9.59 Å². The van der Waals surface area contributed by atoms with Crippen LogP contribution in [0, 0.1) is 19.8 Å². The Bertz CT molecular complexity index is 736. The molecule has 7 nitrogen and oxygen atoms in total. The molecule has 3 rings (SSSR count). The van der Waals surface area contributed by atoms with Gasteiger partial charge < -0.3 is 19.9 Å². The molecule has 0 spiro atoms. The van der Waals surface area contributed by atoms with Crippen LogP contribution in [0.3, 0.4) is 0 Å². The van der Waals surface area contributed by atoms with Gasteiger partial charge in [-0.25, -0.2) is 4.79 Å². The molecule has 1 N–H and O–H groups in total. The van der Waals surface area contributed by atoms with Crippen molar-refractivity contribution in [2.75, 3.05) is 31.1 Å². The van der Waals surface area contributed by atoms with Gasteiger partial charge in [0.05, 0.1) is 12.5 Å². The maximum atomic E-state index is 12.7. The first-order valence-corrected chi connectivity index (χ1v) is 9.99. The van der Waals surface area contributed by atoms with Crippen LogP contribution in [-0.2, 0) is 14.3 Å². The van der Waals surface area contributed by atoms with Crippen molar-refractivity contribution in [1.29, 1.82) is 0 Å². The van der Waals surface area contributed by atoms with E-state index >= 15 is 0 Å². The first-order chi connectivity index (χ1) is 13.4. The van der Waals surface area contributed by atoms with Crippen LogP contribution in [0.1, 0.15) is 37.3 Å². The number of benzene rings is 1. The second-order valence-electron chi connectivity index (χ2n) is 7.61. The lowest BCUT2D eigenvalue weighted by molar-refractivity contribution is -0.127. The van der Waals surface area contributed by atoms with E-state index in [1.54, 1.807) is 16.7 Å². The van der Waals surface area contributed by atoms with E-state index in [4.69, 9.17) is 4.74 Å². The minimum absolute atomic E-state index is 0.00493. The Kier molecular flexibility index (Phi) is 6.21. The molecule has 2 aliphatic heterocycles. The summed E-state index contributed by atoms with van der Waals surface area (Å²) in [7, 11) is 0. The Labute approximate surface area is 166 Å². The van der Waals surface area contributed by atoms with Crippen molar-refractivity contribution in [2.24, 2.45) is 5.92 Å². The van der Waals surface area contributed by atoms with Crippen molar-refractivity contribution < 1.29 is 19.1 Å². The molecule has 28 heavy (non-hydrogen) atoms. The number of hydrogen-bond acceptors (Lipinski definition) is 4. The van der Waals surface area contributed by atoms with Gasteiger partial charge in [0.2, 0.25) is 11.8 Å². The van der Waals surface area contributed by atoms with Crippen LogP contribution in [0.4, 0.5) is 10.5 Å². The number of anilines is 1. The van der Waals surface area contributed by atoms with Gasteiger partial charge in [0, 0.05) is 37.8 Å². The highest BCUT2D eigenvalue weighted by Gasteiger charge is 2.37. The average Bonchev–Trinajstić information content (AvgIpc) is 3.04. The van der Waals surface area contributed by atoms with Crippen LogP contribution in [0.5, 0.6) is 0 Å². The SMILES string of the molecule is CCOC(=O)N1CCC(NC(=O)C2CC(=O)N(c3c(C)cccc3C)C2)CC1. The van der Waals surface area contributed by atoms with Crippen LogP contribution in [0.25, 0.3) is 0 Å². The lowest BCUT2D eigenvalue weighted by Crippen LogP contribution is -2.48. The van der Waals surface area contributed by atoms with Crippen molar-refractivity contribution in [1.82, 2.24) is 10.2 Å². The summed E-state index contributed by atoms with van der Waals surface area (Å²) in [5.74, 6) is -0.416. The maximum Gasteiger partial charge on any atom is 0.409 e. The van der Waals surface area contributed by atoms with Gasteiger partial charge in [-0.05, 0) is 44.7 Å². The van der Waals surface area contributed by atoms with Crippen LogP contribution >= 0.6 is 0 Å². The van der Waals surface area contributed by atoms with Gasteiger partial charge in [-0.15, -0.1) is 0 Å². The molecule has 2 saturated heterocycles. The van der Waals surface area contributed by atoms with Crippen molar-refractivity contribution in [2.45, 2.75) is 46.1 Å².